The summed E-state index contributed by atoms with van der Waals surface area (Å²) in [6.45, 7) is 8.85. The van der Waals surface area contributed by atoms with Crippen molar-refractivity contribution < 1.29 is 0 Å². The molecule has 0 saturated carbocycles. The van der Waals surface area contributed by atoms with Crippen LogP contribution in [0.1, 0.15) is 13.8 Å². The summed E-state index contributed by atoms with van der Waals surface area (Å²) in [5.41, 5.74) is 3.39. The standard InChI is InChI=1S/C13H16ClN/c1-10(2)8-11(3)9-15-13-6-4-12(14)5-7-13/h4-8,15H,3,9H2,1-2H3. The van der Waals surface area contributed by atoms with Gasteiger partial charge in [-0.15, -0.1) is 0 Å². The van der Waals surface area contributed by atoms with E-state index in [9.17, 15) is 0 Å². The van der Waals surface area contributed by atoms with Gasteiger partial charge in [0.25, 0.3) is 0 Å². The average Bonchev–Trinajstić information content (AvgIpc) is 2.16. The van der Waals surface area contributed by atoms with E-state index in [1.54, 1.807) is 0 Å². The Labute approximate surface area is 96.5 Å². The smallest absolute Gasteiger partial charge is 0.0407 e. The minimum atomic E-state index is 0.753. The molecule has 1 aromatic rings. The van der Waals surface area contributed by atoms with Gasteiger partial charge in [-0.3, -0.25) is 0 Å². The van der Waals surface area contributed by atoms with Gasteiger partial charge in [0.2, 0.25) is 0 Å². The van der Waals surface area contributed by atoms with Crippen molar-refractivity contribution in [3.63, 3.8) is 0 Å². The van der Waals surface area contributed by atoms with Crippen molar-refractivity contribution in [1.82, 2.24) is 0 Å². The lowest BCUT2D eigenvalue weighted by molar-refractivity contribution is 1.24. The van der Waals surface area contributed by atoms with Crippen LogP contribution < -0.4 is 5.32 Å². The number of hydrogen-bond acceptors (Lipinski definition) is 1. The van der Waals surface area contributed by atoms with E-state index < -0.39 is 0 Å². The Morgan fingerprint density at radius 2 is 1.93 bits per heavy atom. The van der Waals surface area contributed by atoms with Gasteiger partial charge in [-0.2, -0.15) is 0 Å². The minimum Gasteiger partial charge on any atom is -0.381 e. The van der Waals surface area contributed by atoms with Crippen LogP contribution in [0.25, 0.3) is 0 Å². The van der Waals surface area contributed by atoms with E-state index in [4.69, 9.17) is 11.6 Å². The summed E-state index contributed by atoms with van der Waals surface area (Å²) in [4.78, 5) is 0. The SMILES string of the molecule is C=C(C=C(C)C)CNc1ccc(Cl)cc1. The summed E-state index contributed by atoms with van der Waals surface area (Å²) < 4.78 is 0. The maximum absolute atomic E-state index is 5.79. The van der Waals surface area contributed by atoms with Crippen LogP contribution in [0.5, 0.6) is 0 Å². The summed E-state index contributed by atoms with van der Waals surface area (Å²) in [5, 5.41) is 4.03. The van der Waals surface area contributed by atoms with E-state index in [0.29, 0.717) is 0 Å². The average molecular weight is 222 g/mol. The van der Waals surface area contributed by atoms with E-state index in [1.165, 1.54) is 5.57 Å². The Hall–Kier alpha value is -1.21. The van der Waals surface area contributed by atoms with Crippen molar-refractivity contribution in [1.29, 1.82) is 0 Å². The summed E-state index contributed by atoms with van der Waals surface area (Å²) >= 11 is 5.79. The zero-order valence-electron chi connectivity index (χ0n) is 9.18. The fourth-order valence-corrected chi connectivity index (χ4v) is 1.37. The zero-order valence-corrected chi connectivity index (χ0v) is 9.93. The quantitative estimate of drug-likeness (QED) is 0.749. The molecule has 0 saturated heterocycles. The van der Waals surface area contributed by atoms with Gasteiger partial charge in [0.1, 0.15) is 0 Å². The number of allylic oxidation sites excluding steroid dienone is 1. The van der Waals surface area contributed by atoms with Crippen LogP contribution in [0, 0.1) is 0 Å². The molecular formula is C13H16ClN. The fraction of sp³-hybridized carbons (Fsp3) is 0.231. The van der Waals surface area contributed by atoms with Crippen LogP contribution in [-0.4, -0.2) is 6.54 Å². The second-order valence-electron chi connectivity index (χ2n) is 3.74. The molecule has 0 bridgehead atoms. The molecule has 0 amide bonds. The third-order valence-electron chi connectivity index (χ3n) is 1.86. The van der Waals surface area contributed by atoms with E-state index in [2.05, 4.69) is 31.8 Å². The maximum Gasteiger partial charge on any atom is 0.0407 e. The number of anilines is 1. The Bertz CT molecular complexity index is 359. The highest BCUT2D eigenvalue weighted by atomic mass is 35.5. The molecule has 1 nitrogen and oxygen atoms in total. The highest BCUT2D eigenvalue weighted by Gasteiger charge is 1.93. The predicted octanol–water partition coefficient (Wildman–Crippen LogP) is 4.27. The topological polar surface area (TPSA) is 12.0 Å². The molecule has 0 fully saturated rings. The zero-order chi connectivity index (χ0) is 11.3. The van der Waals surface area contributed by atoms with Crippen LogP contribution in [0.15, 0.2) is 48.1 Å². The Morgan fingerprint density at radius 1 is 1.33 bits per heavy atom. The lowest BCUT2D eigenvalue weighted by atomic mass is 10.2. The molecule has 0 aliphatic carbocycles. The third kappa shape index (κ3) is 4.71. The van der Waals surface area contributed by atoms with Gasteiger partial charge in [0, 0.05) is 17.3 Å². The number of rotatable bonds is 4. The monoisotopic (exact) mass is 221 g/mol. The third-order valence-corrected chi connectivity index (χ3v) is 2.11. The fourth-order valence-electron chi connectivity index (χ4n) is 1.24. The summed E-state index contributed by atoms with van der Waals surface area (Å²) in [5.74, 6) is 0. The normalized spacial score (nSPS) is 9.53. The minimum absolute atomic E-state index is 0.753. The van der Waals surface area contributed by atoms with Crippen LogP contribution in [0.4, 0.5) is 5.69 Å². The maximum atomic E-state index is 5.79. The van der Waals surface area contributed by atoms with Crippen molar-refractivity contribution in [2.75, 3.05) is 11.9 Å². The molecule has 0 unspecified atom stereocenters. The highest BCUT2D eigenvalue weighted by Crippen LogP contribution is 2.13. The van der Waals surface area contributed by atoms with Gasteiger partial charge in [-0.1, -0.05) is 29.8 Å². The van der Waals surface area contributed by atoms with Gasteiger partial charge in [-0.05, 0) is 43.7 Å². The number of nitrogens with one attached hydrogen (secondary N) is 1. The van der Waals surface area contributed by atoms with Crippen molar-refractivity contribution >= 4 is 17.3 Å². The van der Waals surface area contributed by atoms with Gasteiger partial charge in [0.05, 0.1) is 0 Å². The molecule has 2 heteroatoms. The first-order valence-electron chi connectivity index (χ1n) is 4.90. The molecule has 1 rings (SSSR count). The van der Waals surface area contributed by atoms with Crippen molar-refractivity contribution in [3.8, 4) is 0 Å². The largest absolute Gasteiger partial charge is 0.381 e. The Morgan fingerprint density at radius 3 is 2.47 bits per heavy atom. The summed E-state index contributed by atoms with van der Waals surface area (Å²) in [6, 6.07) is 7.65. The second-order valence-corrected chi connectivity index (χ2v) is 4.18. The molecule has 0 radical (unpaired) electrons. The van der Waals surface area contributed by atoms with Crippen LogP contribution in [0.3, 0.4) is 0 Å². The molecule has 0 atom stereocenters. The lowest BCUT2D eigenvalue weighted by Gasteiger charge is -2.06. The number of benzene rings is 1. The lowest BCUT2D eigenvalue weighted by Crippen LogP contribution is -2.02. The van der Waals surface area contributed by atoms with Crippen LogP contribution >= 0.6 is 11.6 Å². The van der Waals surface area contributed by atoms with Gasteiger partial charge in [0.15, 0.2) is 0 Å². The van der Waals surface area contributed by atoms with E-state index in [-0.39, 0.29) is 0 Å². The van der Waals surface area contributed by atoms with Gasteiger partial charge in [-0.25, -0.2) is 0 Å². The second kappa shape index (κ2) is 5.62. The molecule has 0 aromatic heterocycles. The predicted molar refractivity (Wildman–Crippen MR) is 68.5 cm³/mol. The summed E-state index contributed by atoms with van der Waals surface area (Å²) in [7, 11) is 0. The van der Waals surface area contributed by atoms with Crippen molar-refractivity contribution in [2.24, 2.45) is 0 Å². The Kier molecular flexibility index (Phi) is 4.44. The first-order valence-corrected chi connectivity index (χ1v) is 5.28. The Balaban J connectivity index is 2.47. The van der Waals surface area contributed by atoms with Crippen molar-refractivity contribution in [2.45, 2.75) is 13.8 Å². The molecule has 0 heterocycles. The number of halogens is 1. The van der Waals surface area contributed by atoms with E-state index in [0.717, 1.165) is 22.8 Å². The molecule has 0 spiro atoms. The van der Waals surface area contributed by atoms with Crippen molar-refractivity contribution in [3.05, 3.63) is 53.1 Å². The molecule has 15 heavy (non-hydrogen) atoms. The first kappa shape index (κ1) is 11.9. The molecule has 80 valence electrons. The highest BCUT2D eigenvalue weighted by molar-refractivity contribution is 6.30. The number of hydrogen-bond donors (Lipinski definition) is 1. The molecule has 0 aliphatic heterocycles. The molecule has 1 aromatic carbocycles. The van der Waals surface area contributed by atoms with E-state index >= 15 is 0 Å². The van der Waals surface area contributed by atoms with E-state index in [1.807, 2.05) is 24.3 Å². The van der Waals surface area contributed by atoms with Gasteiger partial charge >= 0.3 is 0 Å². The van der Waals surface area contributed by atoms with Crippen LogP contribution in [-0.2, 0) is 0 Å². The molecule has 0 aliphatic rings. The summed E-state index contributed by atoms with van der Waals surface area (Å²) in [6.07, 6.45) is 2.07. The molecular weight excluding hydrogens is 206 g/mol. The molecule has 1 N–H and O–H groups in total. The van der Waals surface area contributed by atoms with Gasteiger partial charge < -0.3 is 5.32 Å². The first-order chi connectivity index (χ1) is 7.08. The van der Waals surface area contributed by atoms with Crippen LogP contribution in [0.2, 0.25) is 5.02 Å².